The van der Waals surface area contributed by atoms with Crippen LogP contribution in [-0.4, -0.2) is 35.6 Å². The minimum Gasteiger partial charge on any atom is -0.347 e. The molecule has 0 aliphatic heterocycles. The van der Waals surface area contributed by atoms with E-state index in [9.17, 15) is 9.18 Å². The average Bonchev–Trinajstić information content (AvgIpc) is 3.68. The maximum absolute atomic E-state index is 14.5. The number of carbonyl (C=O) groups is 1. The van der Waals surface area contributed by atoms with Crippen molar-refractivity contribution >= 4 is 17.1 Å². The first-order chi connectivity index (χ1) is 17.1. The van der Waals surface area contributed by atoms with E-state index >= 15 is 0 Å². The van der Waals surface area contributed by atoms with E-state index < -0.39 is 0 Å². The Morgan fingerprint density at radius 2 is 1.86 bits per heavy atom. The van der Waals surface area contributed by atoms with Gasteiger partial charge >= 0.3 is 0 Å². The molecule has 2 fully saturated rings. The van der Waals surface area contributed by atoms with Crippen LogP contribution in [0.4, 0.5) is 4.39 Å². The van der Waals surface area contributed by atoms with Gasteiger partial charge in [-0.1, -0.05) is 25.7 Å². The van der Waals surface area contributed by atoms with Crippen molar-refractivity contribution in [2.45, 2.75) is 69.9 Å². The summed E-state index contributed by atoms with van der Waals surface area (Å²) in [5, 5.41) is 7.39. The summed E-state index contributed by atoms with van der Waals surface area (Å²) < 4.78 is 16.5. The first kappa shape index (κ1) is 21.9. The molecule has 0 bridgehead atoms. The van der Waals surface area contributed by atoms with Crippen LogP contribution in [0.2, 0.25) is 0 Å². The molecule has 4 aromatic rings. The summed E-state index contributed by atoms with van der Waals surface area (Å²) in [6, 6.07) is 5.26. The van der Waals surface area contributed by atoms with Crippen LogP contribution in [0, 0.1) is 5.82 Å². The van der Waals surface area contributed by atoms with Crippen LogP contribution in [0.25, 0.3) is 22.3 Å². The van der Waals surface area contributed by atoms with Crippen LogP contribution >= 0.6 is 0 Å². The second kappa shape index (κ2) is 9.20. The molecule has 9 heteroatoms. The predicted octanol–water partition coefficient (Wildman–Crippen LogP) is 5.06. The molecule has 2 aliphatic rings. The number of nitrogens with zero attached hydrogens (tertiary/aromatic N) is 5. The summed E-state index contributed by atoms with van der Waals surface area (Å²) in [5.74, 6) is 0.558. The number of imidazole rings is 1. The molecule has 0 atom stereocenters. The van der Waals surface area contributed by atoms with Gasteiger partial charge in [-0.2, -0.15) is 5.10 Å². The van der Waals surface area contributed by atoms with Crippen molar-refractivity contribution in [3.63, 3.8) is 0 Å². The lowest BCUT2D eigenvalue weighted by molar-refractivity contribution is 0.0947. The van der Waals surface area contributed by atoms with Gasteiger partial charge in [0.2, 0.25) is 0 Å². The molecule has 0 spiro atoms. The number of amides is 1. The molecule has 0 saturated heterocycles. The third-order valence-electron chi connectivity index (χ3n) is 7.31. The highest BCUT2D eigenvalue weighted by Crippen LogP contribution is 2.33. The minimum absolute atomic E-state index is 0.176. The first-order valence-corrected chi connectivity index (χ1v) is 12.5. The van der Waals surface area contributed by atoms with E-state index in [4.69, 9.17) is 0 Å². The smallest absolute Gasteiger partial charge is 0.272 e. The van der Waals surface area contributed by atoms with Crippen LogP contribution in [0.5, 0.6) is 0 Å². The van der Waals surface area contributed by atoms with Crippen molar-refractivity contribution in [2.24, 2.45) is 0 Å². The molecule has 2 saturated carbocycles. The maximum Gasteiger partial charge on any atom is 0.272 e. The van der Waals surface area contributed by atoms with Crippen molar-refractivity contribution in [1.29, 1.82) is 0 Å². The van der Waals surface area contributed by atoms with Crippen molar-refractivity contribution < 1.29 is 9.18 Å². The van der Waals surface area contributed by atoms with Crippen LogP contribution < -0.4 is 5.32 Å². The Bertz CT molecular complexity index is 1370. The minimum atomic E-state index is -0.348. The van der Waals surface area contributed by atoms with E-state index in [2.05, 4.69) is 30.4 Å². The lowest BCUT2D eigenvalue weighted by atomic mass is 10.1. The van der Waals surface area contributed by atoms with Gasteiger partial charge in [0, 0.05) is 24.2 Å². The topological polar surface area (TPSA) is 101 Å². The van der Waals surface area contributed by atoms with Gasteiger partial charge in [-0.3, -0.25) is 9.48 Å². The molecule has 1 aromatic carbocycles. The summed E-state index contributed by atoms with van der Waals surface area (Å²) in [6.45, 7) is 0.176. The van der Waals surface area contributed by atoms with E-state index in [1.54, 1.807) is 6.20 Å². The summed E-state index contributed by atoms with van der Waals surface area (Å²) in [4.78, 5) is 29.3. The molecule has 0 unspecified atom stereocenters. The quantitative estimate of drug-likeness (QED) is 0.408. The van der Waals surface area contributed by atoms with E-state index in [1.807, 2.05) is 16.9 Å². The Kier molecular flexibility index (Phi) is 5.75. The molecule has 180 valence electrons. The molecule has 35 heavy (non-hydrogen) atoms. The van der Waals surface area contributed by atoms with Gasteiger partial charge in [0.25, 0.3) is 5.91 Å². The summed E-state index contributed by atoms with van der Waals surface area (Å²) in [5.41, 5.74) is 3.59. The second-order valence-electron chi connectivity index (χ2n) is 9.70. The lowest BCUT2D eigenvalue weighted by Gasteiger charge is -2.09. The van der Waals surface area contributed by atoms with Crippen molar-refractivity contribution in [3.05, 3.63) is 59.8 Å². The summed E-state index contributed by atoms with van der Waals surface area (Å²) >= 11 is 0. The van der Waals surface area contributed by atoms with Crippen molar-refractivity contribution in [2.75, 3.05) is 0 Å². The van der Waals surface area contributed by atoms with Crippen molar-refractivity contribution in [3.8, 4) is 11.1 Å². The molecule has 0 radical (unpaired) electrons. The number of fused-ring (bicyclic) bond motifs is 1. The highest BCUT2D eigenvalue weighted by atomic mass is 19.1. The Hall–Kier alpha value is -3.62. The van der Waals surface area contributed by atoms with E-state index in [0.717, 1.165) is 42.6 Å². The predicted molar refractivity (Wildman–Crippen MR) is 129 cm³/mol. The third-order valence-corrected chi connectivity index (χ3v) is 7.31. The standard InChI is InChI=1S/C26H28FN7O/c27-20-10-16(9-18(11-20)19-13-31-34(14-19)21-7-3-4-8-21)12-28-26(35)23-22-25(30-15-29-23)33-24(32-22)17-5-1-2-6-17/h9-11,13-15,17,21H,1-8,12H2,(H,28,35)(H,29,30,32,33). The Balaban J connectivity index is 1.19. The third kappa shape index (κ3) is 4.42. The lowest BCUT2D eigenvalue weighted by Crippen LogP contribution is -2.24. The van der Waals surface area contributed by atoms with E-state index in [-0.39, 0.29) is 24.0 Å². The number of hydrogen-bond donors (Lipinski definition) is 2. The largest absolute Gasteiger partial charge is 0.347 e. The molecule has 2 N–H and O–H groups in total. The molecule has 1 amide bonds. The fourth-order valence-electron chi connectivity index (χ4n) is 5.45. The van der Waals surface area contributed by atoms with Crippen LogP contribution in [0.15, 0.2) is 36.9 Å². The number of nitrogens with one attached hydrogen (secondary N) is 2. The fourth-order valence-corrected chi connectivity index (χ4v) is 5.45. The monoisotopic (exact) mass is 473 g/mol. The highest BCUT2D eigenvalue weighted by Gasteiger charge is 2.23. The van der Waals surface area contributed by atoms with Gasteiger partial charge in [-0.25, -0.2) is 19.3 Å². The van der Waals surface area contributed by atoms with Crippen LogP contribution in [0.3, 0.4) is 0 Å². The van der Waals surface area contributed by atoms with Crippen LogP contribution in [-0.2, 0) is 6.54 Å². The van der Waals surface area contributed by atoms with Gasteiger partial charge in [-0.05, 0) is 55.0 Å². The number of aromatic amines is 1. The number of aromatic nitrogens is 6. The SMILES string of the molecule is O=C(NCc1cc(F)cc(-c2cnn(C3CCCC3)c2)c1)c1ncnc2nc(C3CCCC3)[nH]c12. The molecular formula is C26H28FN7O. The molecule has 2 aliphatic carbocycles. The number of carbonyl (C=O) groups excluding carboxylic acids is 1. The molecule has 3 heterocycles. The summed E-state index contributed by atoms with van der Waals surface area (Å²) in [7, 11) is 0. The Morgan fingerprint density at radius 3 is 2.69 bits per heavy atom. The number of H-pyrrole nitrogens is 1. The van der Waals surface area contributed by atoms with Crippen molar-refractivity contribution in [1.82, 2.24) is 35.0 Å². The maximum atomic E-state index is 14.5. The molecule has 8 nitrogen and oxygen atoms in total. The van der Waals surface area contributed by atoms with Gasteiger partial charge in [0.05, 0.1) is 12.2 Å². The second-order valence-corrected chi connectivity index (χ2v) is 9.70. The van der Waals surface area contributed by atoms with E-state index in [1.165, 1.54) is 44.1 Å². The molecule has 6 rings (SSSR count). The number of halogens is 1. The number of rotatable bonds is 6. The zero-order valence-electron chi connectivity index (χ0n) is 19.5. The highest BCUT2D eigenvalue weighted by molar-refractivity contribution is 6.02. The molecular weight excluding hydrogens is 445 g/mol. The van der Waals surface area contributed by atoms with Gasteiger partial charge in [0.1, 0.15) is 23.5 Å². The van der Waals surface area contributed by atoms with E-state index in [0.29, 0.717) is 28.7 Å². The zero-order valence-corrected chi connectivity index (χ0v) is 19.5. The Morgan fingerprint density at radius 1 is 1.06 bits per heavy atom. The van der Waals surface area contributed by atoms with Gasteiger partial charge < -0.3 is 10.3 Å². The van der Waals surface area contributed by atoms with Crippen LogP contribution in [0.1, 0.15) is 85.2 Å². The normalized spacial score (nSPS) is 16.9. The zero-order chi connectivity index (χ0) is 23.8. The van der Waals surface area contributed by atoms with Gasteiger partial charge in [-0.15, -0.1) is 0 Å². The first-order valence-electron chi connectivity index (χ1n) is 12.5. The Labute approximate surface area is 202 Å². The molecule has 3 aromatic heterocycles. The number of hydrogen-bond acceptors (Lipinski definition) is 5. The number of benzene rings is 1. The van der Waals surface area contributed by atoms with Gasteiger partial charge in [0.15, 0.2) is 11.3 Å². The summed E-state index contributed by atoms with van der Waals surface area (Å²) in [6.07, 6.45) is 14.4. The average molecular weight is 474 g/mol. The fraction of sp³-hybridized carbons (Fsp3) is 0.423.